The van der Waals surface area contributed by atoms with Crippen molar-refractivity contribution in [2.75, 3.05) is 18.5 Å². The predicted molar refractivity (Wildman–Crippen MR) is 98.7 cm³/mol. The van der Waals surface area contributed by atoms with Gasteiger partial charge in [0.2, 0.25) is 0 Å². The molecular formula is C20H17N3O3. The van der Waals surface area contributed by atoms with Gasteiger partial charge in [-0.3, -0.25) is 14.6 Å². The number of rotatable bonds is 2. The third-order valence-electron chi connectivity index (χ3n) is 4.25. The fraction of sp³-hybridized carbons (Fsp3) is 0.150. The minimum absolute atomic E-state index is 0.206. The van der Waals surface area contributed by atoms with E-state index in [0.29, 0.717) is 35.7 Å². The number of ether oxygens (including phenoxy) is 1. The summed E-state index contributed by atoms with van der Waals surface area (Å²) in [5.74, 6) is 0.0743. The van der Waals surface area contributed by atoms with Crippen molar-refractivity contribution in [3.05, 3.63) is 65.5 Å². The Labute approximate surface area is 150 Å². The van der Waals surface area contributed by atoms with Crippen LogP contribution in [0.4, 0.5) is 5.69 Å². The summed E-state index contributed by atoms with van der Waals surface area (Å²) in [7, 11) is 0. The first kappa shape index (κ1) is 16.1. The van der Waals surface area contributed by atoms with Crippen molar-refractivity contribution in [1.29, 1.82) is 0 Å². The average Bonchev–Trinajstić information content (AvgIpc) is 2.82. The molecule has 1 aromatic heterocycles. The number of anilines is 1. The van der Waals surface area contributed by atoms with Crippen molar-refractivity contribution in [3.63, 3.8) is 0 Å². The quantitative estimate of drug-likeness (QED) is 0.747. The number of pyridine rings is 1. The number of benzene rings is 2. The molecule has 0 spiro atoms. The van der Waals surface area contributed by atoms with Crippen LogP contribution in [0.15, 0.2) is 48.7 Å². The van der Waals surface area contributed by atoms with Gasteiger partial charge in [0.25, 0.3) is 11.8 Å². The molecule has 0 aliphatic carbocycles. The molecule has 26 heavy (non-hydrogen) atoms. The molecule has 2 heterocycles. The molecule has 130 valence electrons. The van der Waals surface area contributed by atoms with E-state index in [4.69, 9.17) is 4.74 Å². The Morgan fingerprint density at radius 3 is 2.92 bits per heavy atom. The highest BCUT2D eigenvalue weighted by Crippen LogP contribution is 2.25. The van der Waals surface area contributed by atoms with Crippen molar-refractivity contribution in [3.8, 4) is 5.75 Å². The maximum atomic E-state index is 12.6. The Bertz CT molecular complexity index is 1030. The number of hydrogen-bond donors (Lipinski definition) is 2. The molecule has 4 rings (SSSR count). The number of carbonyl (C=O) groups excluding carboxylic acids is 2. The maximum Gasteiger partial charge on any atom is 0.255 e. The second-order valence-corrected chi connectivity index (χ2v) is 6.16. The third kappa shape index (κ3) is 3.09. The molecule has 0 fully saturated rings. The SMILES string of the molecule is Cc1cc2cc(C(=O)Nc3ccc4c(c3)C(=O)NCCO4)ccc2cn1. The van der Waals surface area contributed by atoms with Crippen LogP contribution in [0.5, 0.6) is 5.75 Å². The lowest BCUT2D eigenvalue weighted by atomic mass is 10.1. The van der Waals surface area contributed by atoms with Gasteiger partial charge >= 0.3 is 0 Å². The third-order valence-corrected chi connectivity index (χ3v) is 4.25. The van der Waals surface area contributed by atoms with Crippen LogP contribution in [0.3, 0.4) is 0 Å². The zero-order valence-corrected chi connectivity index (χ0v) is 14.2. The van der Waals surface area contributed by atoms with Gasteiger partial charge in [-0.15, -0.1) is 0 Å². The van der Waals surface area contributed by atoms with E-state index in [1.54, 1.807) is 30.5 Å². The lowest BCUT2D eigenvalue weighted by Crippen LogP contribution is -2.24. The highest BCUT2D eigenvalue weighted by molar-refractivity contribution is 6.07. The molecule has 0 bridgehead atoms. The smallest absolute Gasteiger partial charge is 0.255 e. The summed E-state index contributed by atoms with van der Waals surface area (Å²) in [6, 6.07) is 12.5. The van der Waals surface area contributed by atoms with Gasteiger partial charge in [0.1, 0.15) is 12.4 Å². The Balaban J connectivity index is 1.61. The first-order valence-corrected chi connectivity index (χ1v) is 8.33. The van der Waals surface area contributed by atoms with Gasteiger partial charge in [-0.2, -0.15) is 0 Å². The van der Waals surface area contributed by atoms with Gasteiger partial charge in [0.15, 0.2) is 0 Å². The highest BCUT2D eigenvalue weighted by Gasteiger charge is 2.17. The molecular weight excluding hydrogens is 330 g/mol. The monoisotopic (exact) mass is 347 g/mol. The van der Waals surface area contributed by atoms with Crippen LogP contribution in [-0.2, 0) is 0 Å². The summed E-state index contributed by atoms with van der Waals surface area (Å²) in [4.78, 5) is 28.9. The van der Waals surface area contributed by atoms with E-state index in [1.165, 1.54) is 0 Å². The van der Waals surface area contributed by atoms with E-state index in [2.05, 4.69) is 15.6 Å². The lowest BCUT2D eigenvalue weighted by Gasteiger charge is -2.10. The Hall–Kier alpha value is -3.41. The number of hydrogen-bond acceptors (Lipinski definition) is 4. The zero-order valence-electron chi connectivity index (χ0n) is 14.2. The fourth-order valence-electron chi connectivity index (χ4n) is 2.93. The first-order chi connectivity index (χ1) is 12.6. The number of aryl methyl sites for hydroxylation is 1. The summed E-state index contributed by atoms with van der Waals surface area (Å²) >= 11 is 0. The van der Waals surface area contributed by atoms with Gasteiger partial charge in [-0.25, -0.2) is 0 Å². The molecule has 0 atom stereocenters. The molecule has 0 saturated heterocycles. The molecule has 6 heteroatoms. The lowest BCUT2D eigenvalue weighted by molar-refractivity contribution is 0.0955. The fourth-order valence-corrected chi connectivity index (χ4v) is 2.93. The Kier molecular flexibility index (Phi) is 4.01. The summed E-state index contributed by atoms with van der Waals surface area (Å²) < 4.78 is 5.52. The summed E-state index contributed by atoms with van der Waals surface area (Å²) in [5, 5.41) is 7.53. The number of nitrogens with zero attached hydrogens (tertiary/aromatic N) is 1. The van der Waals surface area contributed by atoms with Gasteiger partial charge in [0.05, 0.1) is 12.1 Å². The molecule has 3 aromatic rings. The second kappa shape index (κ2) is 6.48. The molecule has 0 saturated carbocycles. The molecule has 0 radical (unpaired) electrons. The summed E-state index contributed by atoms with van der Waals surface area (Å²) in [6.45, 7) is 2.80. The van der Waals surface area contributed by atoms with Gasteiger partial charge in [-0.05, 0) is 48.7 Å². The van der Waals surface area contributed by atoms with Crippen molar-refractivity contribution < 1.29 is 14.3 Å². The molecule has 2 N–H and O–H groups in total. The van der Waals surface area contributed by atoms with Crippen LogP contribution in [0.1, 0.15) is 26.4 Å². The number of nitrogens with one attached hydrogen (secondary N) is 2. The van der Waals surface area contributed by atoms with Crippen LogP contribution in [-0.4, -0.2) is 29.9 Å². The van der Waals surface area contributed by atoms with Crippen molar-refractivity contribution >= 4 is 28.3 Å². The van der Waals surface area contributed by atoms with E-state index < -0.39 is 0 Å². The normalized spacial score (nSPS) is 13.3. The van der Waals surface area contributed by atoms with E-state index in [-0.39, 0.29) is 11.8 Å². The topological polar surface area (TPSA) is 80.3 Å². The predicted octanol–water partition coefficient (Wildman–Crippen LogP) is 2.92. The van der Waals surface area contributed by atoms with Gasteiger partial charge in [-0.1, -0.05) is 6.07 Å². The largest absolute Gasteiger partial charge is 0.491 e. The molecule has 0 unspecified atom stereocenters. The van der Waals surface area contributed by atoms with Gasteiger partial charge < -0.3 is 15.4 Å². The second-order valence-electron chi connectivity index (χ2n) is 6.16. The Morgan fingerprint density at radius 1 is 1.15 bits per heavy atom. The number of aromatic nitrogens is 1. The highest BCUT2D eigenvalue weighted by atomic mass is 16.5. The molecule has 1 aliphatic heterocycles. The van der Waals surface area contributed by atoms with Crippen LogP contribution in [0.25, 0.3) is 10.8 Å². The summed E-state index contributed by atoms with van der Waals surface area (Å²) in [5.41, 5.74) is 2.39. The Morgan fingerprint density at radius 2 is 2.04 bits per heavy atom. The standard InChI is InChI=1S/C20H17N3O3/c1-12-8-15-9-13(2-3-14(15)11-22-12)19(24)23-16-4-5-18-17(10-16)20(25)21-6-7-26-18/h2-5,8-11H,6-7H2,1H3,(H,21,25)(H,23,24). The van der Waals surface area contributed by atoms with Crippen LogP contribution in [0, 0.1) is 6.92 Å². The van der Waals surface area contributed by atoms with E-state index in [1.807, 2.05) is 25.1 Å². The first-order valence-electron chi connectivity index (χ1n) is 8.33. The van der Waals surface area contributed by atoms with Crippen molar-refractivity contribution in [2.24, 2.45) is 0 Å². The minimum Gasteiger partial charge on any atom is -0.491 e. The van der Waals surface area contributed by atoms with E-state index >= 15 is 0 Å². The number of fused-ring (bicyclic) bond motifs is 2. The number of carbonyl (C=O) groups is 2. The minimum atomic E-state index is -0.240. The van der Waals surface area contributed by atoms with Gasteiger partial charge in [0, 0.05) is 28.5 Å². The average molecular weight is 347 g/mol. The van der Waals surface area contributed by atoms with Crippen molar-refractivity contribution in [1.82, 2.24) is 10.3 Å². The van der Waals surface area contributed by atoms with E-state index in [0.717, 1.165) is 16.5 Å². The van der Waals surface area contributed by atoms with E-state index in [9.17, 15) is 9.59 Å². The van der Waals surface area contributed by atoms with Crippen molar-refractivity contribution in [2.45, 2.75) is 6.92 Å². The number of amides is 2. The summed E-state index contributed by atoms with van der Waals surface area (Å²) in [6.07, 6.45) is 1.79. The van der Waals surface area contributed by atoms with Crippen LogP contribution in [0.2, 0.25) is 0 Å². The van der Waals surface area contributed by atoms with Crippen LogP contribution < -0.4 is 15.4 Å². The zero-order chi connectivity index (χ0) is 18.1. The molecule has 1 aliphatic rings. The van der Waals surface area contributed by atoms with Crippen LogP contribution >= 0.6 is 0 Å². The maximum absolute atomic E-state index is 12.6. The molecule has 6 nitrogen and oxygen atoms in total. The molecule has 2 aromatic carbocycles. The molecule has 2 amide bonds.